The lowest BCUT2D eigenvalue weighted by Crippen LogP contribution is -2.40. The first-order chi connectivity index (χ1) is 12.0. The summed E-state index contributed by atoms with van der Waals surface area (Å²) < 4.78 is 10.1. The second-order valence-corrected chi connectivity index (χ2v) is 6.55. The molecule has 128 valence electrons. The van der Waals surface area contributed by atoms with Gasteiger partial charge < -0.3 is 4.42 Å². The van der Waals surface area contributed by atoms with Crippen LogP contribution in [0.2, 0.25) is 0 Å². The molecule has 4 rings (SSSR count). The predicted octanol–water partition coefficient (Wildman–Crippen LogP) is 2.26. The van der Waals surface area contributed by atoms with Gasteiger partial charge in [0.2, 0.25) is 0 Å². The first kappa shape index (κ1) is 15.4. The van der Waals surface area contributed by atoms with E-state index in [0.717, 1.165) is 5.56 Å². The molecular formula is C18H18N4O3. The Morgan fingerprint density at radius 2 is 1.88 bits per heavy atom. The molecule has 0 amide bonds. The minimum absolute atomic E-state index is 0.176. The highest BCUT2D eigenvalue weighted by Crippen LogP contribution is 2.24. The SMILES string of the molecule is CC(C)Cn1c(=O)c2c(nc3oc(-c4ccccc4)cn32)n(C)c1=O. The second kappa shape index (κ2) is 5.47. The lowest BCUT2D eigenvalue weighted by atomic mass is 10.2. The van der Waals surface area contributed by atoms with Crippen molar-refractivity contribution < 1.29 is 4.42 Å². The number of aryl methyl sites for hydroxylation is 1. The van der Waals surface area contributed by atoms with Crippen molar-refractivity contribution >= 4 is 17.0 Å². The molecule has 1 aromatic carbocycles. The molecule has 25 heavy (non-hydrogen) atoms. The van der Waals surface area contributed by atoms with Crippen molar-refractivity contribution in [3.63, 3.8) is 0 Å². The van der Waals surface area contributed by atoms with Crippen molar-refractivity contribution in [1.82, 2.24) is 18.5 Å². The summed E-state index contributed by atoms with van der Waals surface area (Å²) in [6.07, 6.45) is 1.74. The molecular weight excluding hydrogens is 320 g/mol. The van der Waals surface area contributed by atoms with Crippen molar-refractivity contribution in [1.29, 1.82) is 0 Å². The zero-order valence-corrected chi connectivity index (χ0v) is 14.3. The number of rotatable bonds is 3. The molecule has 0 saturated heterocycles. The van der Waals surface area contributed by atoms with Gasteiger partial charge in [-0.15, -0.1) is 0 Å². The fourth-order valence-electron chi connectivity index (χ4n) is 3.02. The topological polar surface area (TPSA) is 74.4 Å². The summed E-state index contributed by atoms with van der Waals surface area (Å²) in [5.74, 6) is 1.09. The molecule has 7 nitrogen and oxygen atoms in total. The molecule has 0 saturated carbocycles. The maximum Gasteiger partial charge on any atom is 0.332 e. The van der Waals surface area contributed by atoms with E-state index < -0.39 is 0 Å². The molecule has 0 radical (unpaired) electrons. The molecule has 0 spiro atoms. The number of hydrogen-bond donors (Lipinski definition) is 0. The van der Waals surface area contributed by atoms with E-state index >= 15 is 0 Å². The minimum atomic E-state index is -0.366. The molecule has 4 aromatic rings. The van der Waals surface area contributed by atoms with Crippen LogP contribution >= 0.6 is 0 Å². The average molecular weight is 338 g/mol. The number of fused-ring (bicyclic) bond motifs is 3. The highest BCUT2D eigenvalue weighted by molar-refractivity contribution is 5.76. The van der Waals surface area contributed by atoms with Crippen LogP contribution in [0.15, 0.2) is 50.5 Å². The Kier molecular flexibility index (Phi) is 3.38. The summed E-state index contributed by atoms with van der Waals surface area (Å²) in [6.45, 7) is 4.29. The molecule has 3 heterocycles. The van der Waals surface area contributed by atoms with Gasteiger partial charge in [0.25, 0.3) is 5.56 Å². The quantitative estimate of drug-likeness (QED) is 0.574. The van der Waals surface area contributed by atoms with E-state index in [1.807, 2.05) is 44.2 Å². The summed E-state index contributed by atoms with van der Waals surface area (Å²) in [4.78, 5) is 29.7. The third-order valence-corrected chi connectivity index (χ3v) is 4.20. The number of nitrogens with zero attached hydrogens (tertiary/aromatic N) is 4. The van der Waals surface area contributed by atoms with Crippen molar-refractivity contribution in [2.45, 2.75) is 20.4 Å². The maximum atomic E-state index is 12.9. The van der Waals surface area contributed by atoms with Gasteiger partial charge in [0.05, 0.1) is 6.20 Å². The van der Waals surface area contributed by atoms with Crippen LogP contribution in [0, 0.1) is 5.92 Å². The minimum Gasteiger partial charge on any atom is -0.423 e. The van der Waals surface area contributed by atoms with Crippen LogP contribution in [0.25, 0.3) is 28.3 Å². The molecule has 3 aromatic heterocycles. The van der Waals surface area contributed by atoms with Crippen LogP contribution in [0.4, 0.5) is 0 Å². The molecule has 0 aliphatic carbocycles. The molecule has 0 aliphatic rings. The normalized spacial score (nSPS) is 11.8. The monoisotopic (exact) mass is 338 g/mol. The molecule has 0 unspecified atom stereocenters. The summed E-state index contributed by atoms with van der Waals surface area (Å²) in [5, 5.41) is 0. The van der Waals surface area contributed by atoms with Gasteiger partial charge in [0.15, 0.2) is 16.9 Å². The summed E-state index contributed by atoms with van der Waals surface area (Å²) in [5.41, 5.74) is 0.862. The van der Waals surface area contributed by atoms with Crippen LogP contribution in [-0.4, -0.2) is 18.5 Å². The van der Waals surface area contributed by atoms with Crippen molar-refractivity contribution in [2.24, 2.45) is 13.0 Å². The van der Waals surface area contributed by atoms with Gasteiger partial charge in [-0.2, -0.15) is 4.98 Å². The van der Waals surface area contributed by atoms with Gasteiger partial charge in [-0.05, 0) is 5.92 Å². The van der Waals surface area contributed by atoms with Crippen LogP contribution in [0.1, 0.15) is 13.8 Å². The van der Waals surface area contributed by atoms with E-state index in [1.54, 1.807) is 17.6 Å². The first-order valence-corrected chi connectivity index (χ1v) is 8.14. The van der Waals surface area contributed by atoms with E-state index in [9.17, 15) is 9.59 Å². The molecule has 0 N–H and O–H groups in total. The number of imidazole rings is 1. The zero-order valence-electron chi connectivity index (χ0n) is 14.3. The van der Waals surface area contributed by atoms with Gasteiger partial charge in [-0.1, -0.05) is 44.2 Å². The number of oxazole rings is 1. The van der Waals surface area contributed by atoms with E-state index in [2.05, 4.69) is 4.98 Å². The molecule has 0 fully saturated rings. The maximum absolute atomic E-state index is 12.9. The van der Waals surface area contributed by atoms with Crippen LogP contribution in [0.5, 0.6) is 0 Å². The number of benzene rings is 1. The largest absolute Gasteiger partial charge is 0.423 e. The zero-order chi connectivity index (χ0) is 17.7. The highest BCUT2D eigenvalue weighted by Gasteiger charge is 2.20. The Morgan fingerprint density at radius 1 is 1.16 bits per heavy atom. The number of aromatic nitrogens is 4. The van der Waals surface area contributed by atoms with Crippen molar-refractivity contribution in [2.75, 3.05) is 0 Å². The van der Waals surface area contributed by atoms with E-state index in [-0.39, 0.29) is 17.2 Å². The molecule has 0 bridgehead atoms. The van der Waals surface area contributed by atoms with Gasteiger partial charge in [-0.25, -0.2) is 4.79 Å². The average Bonchev–Trinajstić information content (AvgIpc) is 3.15. The Labute approximate surface area is 142 Å². The molecule has 0 aliphatic heterocycles. The fourth-order valence-corrected chi connectivity index (χ4v) is 3.02. The standard InChI is InChI=1S/C18H18N4O3/c1-11(2)9-22-16(23)14-15(20(3)18(22)24)19-17-21(14)10-13(25-17)12-7-5-4-6-8-12/h4-8,10-11H,9H2,1-3H3. The Balaban J connectivity index is 2.04. The number of hydrogen-bond acceptors (Lipinski definition) is 4. The van der Waals surface area contributed by atoms with Gasteiger partial charge in [-0.3, -0.25) is 18.3 Å². The van der Waals surface area contributed by atoms with E-state index in [1.165, 1.54) is 9.13 Å². The van der Waals surface area contributed by atoms with Gasteiger partial charge >= 0.3 is 11.5 Å². The third-order valence-electron chi connectivity index (χ3n) is 4.20. The van der Waals surface area contributed by atoms with E-state index in [4.69, 9.17) is 4.42 Å². The second-order valence-electron chi connectivity index (χ2n) is 6.55. The predicted molar refractivity (Wildman–Crippen MR) is 94.7 cm³/mol. The summed E-state index contributed by atoms with van der Waals surface area (Å²) >= 11 is 0. The smallest absolute Gasteiger partial charge is 0.332 e. The van der Waals surface area contributed by atoms with Crippen LogP contribution in [-0.2, 0) is 13.6 Å². The van der Waals surface area contributed by atoms with Gasteiger partial charge in [0, 0.05) is 19.2 Å². The van der Waals surface area contributed by atoms with Crippen LogP contribution < -0.4 is 11.2 Å². The van der Waals surface area contributed by atoms with Crippen LogP contribution in [0.3, 0.4) is 0 Å². The lowest BCUT2D eigenvalue weighted by Gasteiger charge is -2.09. The van der Waals surface area contributed by atoms with Crippen molar-refractivity contribution in [3.05, 3.63) is 57.4 Å². The highest BCUT2D eigenvalue weighted by atomic mass is 16.4. The van der Waals surface area contributed by atoms with Crippen molar-refractivity contribution in [3.8, 4) is 11.3 Å². The van der Waals surface area contributed by atoms with Gasteiger partial charge in [0.1, 0.15) is 0 Å². The Bertz CT molecular complexity index is 1190. The first-order valence-electron chi connectivity index (χ1n) is 8.14. The fraction of sp³-hybridized carbons (Fsp3) is 0.278. The Morgan fingerprint density at radius 3 is 2.56 bits per heavy atom. The Hall–Kier alpha value is -3.09. The van der Waals surface area contributed by atoms with E-state index in [0.29, 0.717) is 29.3 Å². The lowest BCUT2D eigenvalue weighted by molar-refractivity contribution is 0.484. The third kappa shape index (κ3) is 2.31. The summed E-state index contributed by atoms with van der Waals surface area (Å²) in [6, 6.07) is 9.60. The summed E-state index contributed by atoms with van der Waals surface area (Å²) in [7, 11) is 1.62. The molecule has 0 atom stereocenters. The molecule has 7 heteroatoms.